The third-order valence-electron chi connectivity index (χ3n) is 2.46. The van der Waals surface area contributed by atoms with Gasteiger partial charge in [0.2, 0.25) is 6.41 Å². The standard InChI is InChI=1S/C10H12Cl2NO5P/c11-8-2-1-7(5-9(8)12)10(19(16,17)18)3-4-13(15)6-14/h1-2,5-6,10,15H,3-4H2,(H2,16,17,18)/p-2/t10-/m0/s1. The van der Waals surface area contributed by atoms with Crippen LogP contribution in [0.1, 0.15) is 17.6 Å². The van der Waals surface area contributed by atoms with E-state index in [1.165, 1.54) is 18.2 Å². The fourth-order valence-corrected chi connectivity index (χ4v) is 2.80. The SMILES string of the molecule is O=CN(O)CC[C@@H](c1ccc(Cl)c(Cl)c1)P(=O)([O-])[O-]. The van der Waals surface area contributed by atoms with Gasteiger partial charge in [-0.05, 0) is 24.1 Å². The van der Waals surface area contributed by atoms with Gasteiger partial charge in [-0.15, -0.1) is 0 Å². The van der Waals surface area contributed by atoms with Crippen molar-refractivity contribution in [1.82, 2.24) is 5.06 Å². The molecule has 1 rings (SSSR count). The van der Waals surface area contributed by atoms with Gasteiger partial charge in [0, 0.05) is 12.2 Å². The van der Waals surface area contributed by atoms with Gasteiger partial charge < -0.3 is 14.4 Å². The fourth-order valence-electron chi connectivity index (χ4n) is 1.53. The van der Waals surface area contributed by atoms with Gasteiger partial charge in [-0.2, -0.15) is 0 Å². The summed E-state index contributed by atoms with van der Waals surface area (Å²) >= 11 is 11.5. The maximum atomic E-state index is 11.2. The number of benzene rings is 1. The van der Waals surface area contributed by atoms with Gasteiger partial charge in [0.05, 0.1) is 10.0 Å². The number of carbonyl (C=O) groups is 1. The minimum absolute atomic E-state index is 0.117. The van der Waals surface area contributed by atoms with E-state index in [9.17, 15) is 19.1 Å². The predicted molar refractivity (Wildman–Crippen MR) is 66.0 cm³/mol. The number of hydrogen-bond donors (Lipinski definition) is 1. The van der Waals surface area contributed by atoms with Gasteiger partial charge in [0.1, 0.15) is 0 Å². The highest BCUT2D eigenvalue weighted by molar-refractivity contribution is 7.49. The number of carbonyl (C=O) groups excluding carboxylic acids is 1. The lowest BCUT2D eigenvalue weighted by Crippen LogP contribution is -2.25. The zero-order chi connectivity index (χ0) is 14.6. The van der Waals surface area contributed by atoms with Crippen LogP contribution in [-0.2, 0) is 9.36 Å². The molecular formula is C10H10Cl2NO5P-2. The van der Waals surface area contributed by atoms with E-state index in [0.29, 0.717) is 0 Å². The zero-order valence-corrected chi connectivity index (χ0v) is 11.9. The fraction of sp³-hybridized carbons (Fsp3) is 0.300. The van der Waals surface area contributed by atoms with Crippen LogP contribution in [0.5, 0.6) is 0 Å². The van der Waals surface area contributed by atoms with Crippen LogP contribution >= 0.6 is 30.8 Å². The largest absolute Gasteiger partial charge is 0.810 e. The minimum atomic E-state index is -4.95. The van der Waals surface area contributed by atoms with Crippen LogP contribution in [-0.4, -0.2) is 23.2 Å². The van der Waals surface area contributed by atoms with Crippen molar-refractivity contribution in [2.45, 2.75) is 12.1 Å². The first-order valence-electron chi connectivity index (χ1n) is 5.13. The van der Waals surface area contributed by atoms with Gasteiger partial charge in [-0.3, -0.25) is 10.0 Å². The first kappa shape index (κ1) is 16.4. The molecule has 0 saturated carbocycles. The van der Waals surface area contributed by atoms with E-state index in [-0.39, 0.29) is 40.0 Å². The van der Waals surface area contributed by atoms with Crippen molar-refractivity contribution < 1.29 is 24.4 Å². The van der Waals surface area contributed by atoms with Crippen molar-refractivity contribution >= 4 is 37.2 Å². The van der Waals surface area contributed by atoms with Gasteiger partial charge in [0.15, 0.2) is 0 Å². The summed E-state index contributed by atoms with van der Waals surface area (Å²) in [4.78, 5) is 32.7. The molecule has 19 heavy (non-hydrogen) atoms. The number of rotatable bonds is 6. The topological polar surface area (TPSA) is 104 Å². The molecule has 0 saturated heterocycles. The Kier molecular flexibility index (Phi) is 5.80. The summed E-state index contributed by atoms with van der Waals surface area (Å²) in [5.74, 6) is 0. The molecule has 106 valence electrons. The second-order valence-electron chi connectivity index (χ2n) is 3.79. The third-order valence-corrected chi connectivity index (χ3v) is 4.52. The molecule has 0 aliphatic carbocycles. The molecule has 0 fully saturated rings. The van der Waals surface area contributed by atoms with Crippen molar-refractivity contribution in [2.24, 2.45) is 0 Å². The molecule has 0 bridgehead atoms. The van der Waals surface area contributed by atoms with E-state index in [1.54, 1.807) is 0 Å². The highest BCUT2D eigenvalue weighted by Crippen LogP contribution is 2.47. The van der Waals surface area contributed by atoms with Crippen LogP contribution in [0.2, 0.25) is 10.0 Å². The van der Waals surface area contributed by atoms with E-state index in [0.717, 1.165) is 0 Å². The lowest BCUT2D eigenvalue weighted by molar-refractivity contribution is -0.317. The summed E-state index contributed by atoms with van der Waals surface area (Å²) in [6.45, 7) is -0.289. The second-order valence-corrected chi connectivity index (χ2v) is 6.30. The lowest BCUT2D eigenvalue weighted by atomic mass is 10.1. The minimum Gasteiger partial charge on any atom is -0.810 e. The van der Waals surface area contributed by atoms with Crippen molar-refractivity contribution in [3.05, 3.63) is 33.8 Å². The van der Waals surface area contributed by atoms with Gasteiger partial charge in [-0.25, -0.2) is 5.06 Å². The Morgan fingerprint density at radius 1 is 1.37 bits per heavy atom. The van der Waals surface area contributed by atoms with Gasteiger partial charge in [-0.1, -0.05) is 36.9 Å². The molecule has 1 aromatic carbocycles. The predicted octanol–water partition coefficient (Wildman–Crippen LogP) is 1.19. The Morgan fingerprint density at radius 3 is 2.47 bits per heavy atom. The maximum absolute atomic E-state index is 11.2. The molecule has 1 N–H and O–H groups in total. The lowest BCUT2D eigenvalue weighted by Gasteiger charge is -2.39. The summed E-state index contributed by atoms with van der Waals surface area (Å²) in [5.41, 5.74) is -1.22. The molecular weight excluding hydrogens is 316 g/mol. The molecule has 0 aliphatic heterocycles. The first-order valence-corrected chi connectivity index (χ1v) is 7.50. The summed E-state index contributed by atoms with van der Waals surface area (Å²) in [6, 6.07) is 4.02. The Bertz CT molecular complexity index is 507. The quantitative estimate of drug-likeness (QED) is 0.366. The monoisotopic (exact) mass is 325 g/mol. The molecule has 0 radical (unpaired) electrons. The summed E-state index contributed by atoms with van der Waals surface area (Å²) in [5, 5.41) is 9.56. The maximum Gasteiger partial charge on any atom is 0.233 e. The van der Waals surface area contributed by atoms with Crippen LogP contribution in [0.25, 0.3) is 0 Å². The van der Waals surface area contributed by atoms with Crippen molar-refractivity contribution in [2.75, 3.05) is 6.54 Å². The molecule has 1 amide bonds. The molecule has 0 heterocycles. The van der Waals surface area contributed by atoms with Crippen molar-refractivity contribution in [1.29, 1.82) is 0 Å². The Balaban J connectivity index is 3.00. The summed E-state index contributed by atoms with van der Waals surface area (Å²) in [6.07, 6.45) is -0.121. The number of hydroxylamine groups is 2. The Morgan fingerprint density at radius 2 is 2.00 bits per heavy atom. The molecule has 1 aromatic rings. The van der Waals surface area contributed by atoms with Gasteiger partial charge in [0.25, 0.3) is 0 Å². The van der Waals surface area contributed by atoms with E-state index in [4.69, 9.17) is 28.4 Å². The van der Waals surface area contributed by atoms with E-state index < -0.39 is 13.3 Å². The van der Waals surface area contributed by atoms with E-state index in [1.807, 2.05) is 0 Å². The smallest absolute Gasteiger partial charge is 0.233 e. The van der Waals surface area contributed by atoms with Crippen LogP contribution in [0, 0.1) is 0 Å². The molecule has 0 spiro atoms. The number of hydrogen-bond acceptors (Lipinski definition) is 5. The zero-order valence-electron chi connectivity index (χ0n) is 9.53. The van der Waals surface area contributed by atoms with Gasteiger partial charge >= 0.3 is 0 Å². The second kappa shape index (κ2) is 6.70. The number of amides is 1. The molecule has 0 unspecified atom stereocenters. The molecule has 6 nitrogen and oxygen atoms in total. The molecule has 0 aromatic heterocycles. The Hall–Kier alpha value is -0.620. The van der Waals surface area contributed by atoms with E-state index >= 15 is 0 Å². The third kappa shape index (κ3) is 4.76. The van der Waals surface area contributed by atoms with E-state index in [2.05, 4.69) is 0 Å². The van der Waals surface area contributed by atoms with Crippen LogP contribution in [0.3, 0.4) is 0 Å². The number of halogens is 2. The van der Waals surface area contributed by atoms with Crippen LogP contribution in [0.15, 0.2) is 18.2 Å². The normalized spacial score (nSPS) is 13.1. The Labute approximate surface area is 119 Å². The van der Waals surface area contributed by atoms with Crippen molar-refractivity contribution in [3.63, 3.8) is 0 Å². The summed E-state index contributed by atoms with van der Waals surface area (Å²) in [7, 11) is -4.95. The van der Waals surface area contributed by atoms with Crippen molar-refractivity contribution in [3.8, 4) is 0 Å². The first-order chi connectivity index (χ1) is 8.75. The number of nitrogens with zero attached hydrogens (tertiary/aromatic N) is 1. The highest BCUT2D eigenvalue weighted by atomic mass is 35.5. The molecule has 1 atom stereocenters. The molecule has 9 heteroatoms. The van der Waals surface area contributed by atoms with Crippen LogP contribution in [0.4, 0.5) is 0 Å². The highest BCUT2D eigenvalue weighted by Gasteiger charge is 2.17. The van der Waals surface area contributed by atoms with Crippen LogP contribution < -0.4 is 9.79 Å². The average Bonchev–Trinajstić information content (AvgIpc) is 2.31. The summed E-state index contributed by atoms with van der Waals surface area (Å²) < 4.78 is 11.2. The average molecular weight is 326 g/mol. The molecule has 0 aliphatic rings.